The molecule has 0 saturated heterocycles. The van der Waals surface area contributed by atoms with Crippen LogP contribution < -0.4 is 5.73 Å². The van der Waals surface area contributed by atoms with Crippen LogP contribution in [0.25, 0.3) is 0 Å². The van der Waals surface area contributed by atoms with Crippen LogP contribution in [-0.2, 0) is 0 Å². The zero-order chi connectivity index (χ0) is 9.14. The third-order valence-corrected chi connectivity index (χ3v) is 2.44. The van der Waals surface area contributed by atoms with Gasteiger partial charge in [0.15, 0.2) is 0 Å². The molecule has 1 aromatic rings. The number of hydrogen-bond acceptors (Lipinski definition) is 3. The van der Waals surface area contributed by atoms with E-state index in [0.717, 1.165) is 5.03 Å². The van der Waals surface area contributed by atoms with Gasteiger partial charge in [-0.05, 0) is 12.1 Å². The number of rotatable bonds is 2. The summed E-state index contributed by atoms with van der Waals surface area (Å²) in [6.07, 6.45) is 0. The Morgan fingerprint density at radius 2 is 2.17 bits per heavy atom. The monoisotopic (exact) mass is 202 g/mol. The molecule has 1 rings (SSSR count). The Bertz CT molecular complexity index is 276. The summed E-state index contributed by atoms with van der Waals surface area (Å²) < 4.78 is 0. The van der Waals surface area contributed by atoms with Gasteiger partial charge in [0.1, 0.15) is 10.2 Å². The van der Waals surface area contributed by atoms with Crippen molar-refractivity contribution >= 4 is 29.1 Å². The molecule has 0 saturated carbocycles. The number of halogens is 1. The molecular weight excluding hydrogens is 192 g/mol. The van der Waals surface area contributed by atoms with E-state index in [-0.39, 0.29) is 0 Å². The number of hydrogen-bond donors (Lipinski definition) is 1. The van der Waals surface area contributed by atoms with Crippen molar-refractivity contribution in [2.45, 2.75) is 24.1 Å². The standard InChI is InChI=1S/C8H11ClN2S/c1-5(2)12-8-6(10)3-4-7(9)11-8/h3-5H,10H2,1-2H3. The normalized spacial score (nSPS) is 10.7. The molecule has 0 spiro atoms. The molecule has 0 radical (unpaired) electrons. The van der Waals surface area contributed by atoms with Crippen molar-refractivity contribution in [3.05, 3.63) is 17.3 Å². The van der Waals surface area contributed by atoms with Crippen molar-refractivity contribution in [1.82, 2.24) is 4.98 Å². The number of nitrogens with zero attached hydrogens (tertiary/aromatic N) is 1. The highest BCUT2D eigenvalue weighted by Crippen LogP contribution is 2.27. The predicted molar refractivity (Wildman–Crippen MR) is 54.7 cm³/mol. The highest BCUT2D eigenvalue weighted by atomic mass is 35.5. The Morgan fingerprint density at radius 1 is 1.50 bits per heavy atom. The fourth-order valence-corrected chi connectivity index (χ4v) is 1.75. The maximum absolute atomic E-state index is 5.72. The van der Waals surface area contributed by atoms with E-state index in [0.29, 0.717) is 16.1 Å². The van der Waals surface area contributed by atoms with E-state index in [1.165, 1.54) is 0 Å². The topological polar surface area (TPSA) is 38.9 Å². The lowest BCUT2D eigenvalue weighted by molar-refractivity contribution is 1.08. The van der Waals surface area contributed by atoms with Gasteiger partial charge in [0.05, 0.1) is 5.69 Å². The second kappa shape index (κ2) is 4.01. The lowest BCUT2D eigenvalue weighted by atomic mass is 10.4. The number of anilines is 1. The molecule has 0 aliphatic heterocycles. The van der Waals surface area contributed by atoms with Crippen molar-refractivity contribution in [1.29, 1.82) is 0 Å². The zero-order valence-corrected chi connectivity index (χ0v) is 8.62. The highest BCUT2D eigenvalue weighted by molar-refractivity contribution is 7.99. The summed E-state index contributed by atoms with van der Waals surface area (Å²) in [6.45, 7) is 4.18. The maximum atomic E-state index is 5.72. The molecule has 2 N–H and O–H groups in total. The van der Waals surface area contributed by atoms with Crippen LogP contribution in [0.3, 0.4) is 0 Å². The summed E-state index contributed by atoms with van der Waals surface area (Å²) >= 11 is 7.34. The van der Waals surface area contributed by atoms with Gasteiger partial charge in [-0.2, -0.15) is 0 Å². The summed E-state index contributed by atoms with van der Waals surface area (Å²) in [5.41, 5.74) is 6.39. The molecule has 0 unspecified atom stereocenters. The van der Waals surface area contributed by atoms with Crippen molar-refractivity contribution in [3.8, 4) is 0 Å². The van der Waals surface area contributed by atoms with Gasteiger partial charge >= 0.3 is 0 Å². The van der Waals surface area contributed by atoms with Crippen LogP contribution in [0.5, 0.6) is 0 Å². The molecule has 0 amide bonds. The van der Waals surface area contributed by atoms with E-state index < -0.39 is 0 Å². The minimum Gasteiger partial charge on any atom is -0.397 e. The van der Waals surface area contributed by atoms with Crippen molar-refractivity contribution in [3.63, 3.8) is 0 Å². The van der Waals surface area contributed by atoms with Gasteiger partial charge < -0.3 is 5.73 Å². The van der Waals surface area contributed by atoms with Gasteiger partial charge in [-0.1, -0.05) is 25.4 Å². The molecular formula is C8H11ClN2S. The number of nitrogen functional groups attached to an aromatic ring is 1. The van der Waals surface area contributed by atoms with Crippen molar-refractivity contribution in [2.75, 3.05) is 5.73 Å². The summed E-state index contributed by atoms with van der Waals surface area (Å²) in [5, 5.41) is 1.78. The lowest BCUT2D eigenvalue weighted by Crippen LogP contribution is -1.95. The van der Waals surface area contributed by atoms with Gasteiger partial charge in [0.25, 0.3) is 0 Å². The molecule has 4 heteroatoms. The molecule has 0 aromatic carbocycles. The Labute approximate surface area is 81.5 Å². The number of pyridine rings is 1. The Hall–Kier alpha value is -0.410. The Morgan fingerprint density at radius 3 is 2.75 bits per heavy atom. The van der Waals surface area contributed by atoms with Crippen LogP contribution >= 0.6 is 23.4 Å². The largest absolute Gasteiger partial charge is 0.397 e. The molecule has 12 heavy (non-hydrogen) atoms. The van der Waals surface area contributed by atoms with Gasteiger partial charge in [0.2, 0.25) is 0 Å². The van der Waals surface area contributed by atoms with E-state index in [4.69, 9.17) is 17.3 Å². The molecule has 66 valence electrons. The quantitative estimate of drug-likeness (QED) is 0.592. The van der Waals surface area contributed by atoms with Crippen molar-refractivity contribution in [2.24, 2.45) is 0 Å². The van der Waals surface area contributed by atoms with Gasteiger partial charge in [-0.3, -0.25) is 0 Å². The Balaban J connectivity index is 2.90. The molecule has 0 bridgehead atoms. The summed E-state index contributed by atoms with van der Waals surface area (Å²) in [6, 6.07) is 3.47. The minimum atomic E-state index is 0.471. The second-order valence-corrected chi connectivity index (χ2v) is 4.65. The van der Waals surface area contributed by atoms with Crippen LogP contribution in [0.2, 0.25) is 5.15 Å². The first-order valence-corrected chi connectivity index (χ1v) is 4.94. The maximum Gasteiger partial charge on any atom is 0.130 e. The molecule has 1 aromatic heterocycles. The number of aromatic nitrogens is 1. The van der Waals surface area contributed by atoms with E-state index in [2.05, 4.69) is 18.8 Å². The average molecular weight is 203 g/mol. The first-order valence-electron chi connectivity index (χ1n) is 3.68. The first kappa shape index (κ1) is 9.68. The third-order valence-electron chi connectivity index (χ3n) is 1.20. The minimum absolute atomic E-state index is 0.471. The first-order chi connectivity index (χ1) is 5.59. The number of nitrogens with two attached hydrogens (primary N) is 1. The second-order valence-electron chi connectivity index (χ2n) is 2.69. The molecule has 0 atom stereocenters. The van der Waals surface area contributed by atoms with E-state index >= 15 is 0 Å². The predicted octanol–water partition coefficient (Wildman–Crippen LogP) is 2.82. The lowest BCUT2D eigenvalue weighted by Gasteiger charge is -2.06. The van der Waals surface area contributed by atoms with Crippen LogP contribution in [0.4, 0.5) is 5.69 Å². The van der Waals surface area contributed by atoms with E-state index in [1.54, 1.807) is 23.9 Å². The zero-order valence-electron chi connectivity index (χ0n) is 7.04. The van der Waals surface area contributed by atoms with Gasteiger partial charge in [0, 0.05) is 5.25 Å². The third kappa shape index (κ3) is 2.57. The summed E-state index contributed by atoms with van der Waals surface area (Å²) in [4.78, 5) is 4.12. The SMILES string of the molecule is CC(C)Sc1nc(Cl)ccc1N. The molecule has 0 fully saturated rings. The van der Waals surface area contributed by atoms with Crippen LogP contribution in [-0.4, -0.2) is 10.2 Å². The summed E-state index contributed by atoms with van der Waals surface area (Å²) in [5.74, 6) is 0. The van der Waals surface area contributed by atoms with Crippen molar-refractivity contribution < 1.29 is 0 Å². The molecule has 1 heterocycles. The van der Waals surface area contributed by atoms with Gasteiger partial charge in [-0.25, -0.2) is 4.98 Å². The molecule has 0 aliphatic carbocycles. The highest BCUT2D eigenvalue weighted by Gasteiger charge is 2.04. The summed E-state index contributed by atoms with van der Waals surface area (Å²) in [7, 11) is 0. The average Bonchev–Trinajstić information content (AvgIpc) is 1.96. The molecule has 0 aliphatic rings. The van der Waals surface area contributed by atoms with Crippen LogP contribution in [0.1, 0.15) is 13.8 Å². The Kier molecular flexibility index (Phi) is 3.23. The number of thioether (sulfide) groups is 1. The van der Waals surface area contributed by atoms with Crippen LogP contribution in [0, 0.1) is 0 Å². The fraction of sp³-hybridized carbons (Fsp3) is 0.375. The fourth-order valence-electron chi connectivity index (χ4n) is 0.746. The van der Waals surface area contributed by atoms with Crippen LogP contribution in [0.15, 0.2) is 17.2 Å². The molecule has 2 nitrogen and oxygen atoms in total. The smallest absolute Gasteiger partial charge is 0.130 e. The van der Waals surface area contributed by atoms with E-state index in [9.17, 15) is 0 Å². The van der Waals surface area contributed by atoms with Gasteiger partial charge in [-0.15, -0.1) is 11.8 Å². The van der Waals surface area contributed by atoms with E-state index in [1.807, 2.05) is 0 Å².